The van der Waals surface area contributed by atoms with Crippen LogP contribution in [0.4, 0.5) is 0 Å². The highest BCUT2D eigenvalue weighted by molar-refractivity contribution is 4.75. The molecular weight excluding hydrogens is 104 g/mol. The van der Waals surface area contributed by atoms with Crippen LogP contribution in [0.3, 0.4) is 0 Å². The molecule has 1 aliphatic heterocycles. The second kappa shape index (κ2) is 2.46. The predicted molar refractivity (Wildman–Crippen MR) is 30.6 cm³/mol. The van der Waals surface area contributed by atoms with Crippen molar-refractivity contribution in [2.24, 2.45) is 5.92 Å². The van der Waals surface area contributed by atoms with E-state index in [0.29, 0.717) is 18.6 Å². The van der Waals surface area contributed by atoms with Gasteiger partial charge in [-0.25, -0.2) is 0 Å². The van der Waals surface area contributed by atoms with E-state index < -0.39 is 0 Å². The fraction of sp³-hybridized carbons (Fsp3) is 1.00. The monoisotopic (exact) mass is 116 g/mol. The van der Waals surface area contributed by atoms with Crippen LogP contribution >= 0.6 is 0 Å². The van der Waals surface area contributed by atoms with Gasteiger partial charge in [0.05, 0.1) is 19.3 Å². The van der Waals surface area contributed by atoms with Crippen LogP contribution in [0.1, 0.15) is 13.3 Å². The summed E-state index contributed by atoms with van der Waals surface area (Å²) in [5.41, 5.74) is 0. The molecule has 1 fully saturated rings. The maximum absolute atomic E-state index is 8.61. The Kier molecular flexibility index (Phi) is 1.86. The second-order valence-corrected chi connectivity index (χ2v) is 2.22. The molecule has 48 valence electrons. The Morgan fingerprint density at radius 1 is 1.75 bits per heavy atom. The Hall–Kier alpha value is -0.0800. The minimum absolute atomic E-state index is 0.290. The van der Waals surface area contributed by atoms with Crippen LogP contribution in [0.5, 0.6) is 0 Å². The molecule has 2 atom stereocenters. The first kappa shape index (κ1) is 6.05. The Labute approximate surface area is 49.5 Å². The van der Waals surface area contributed by atoms with Gasteiger partial charge < -0.3 is 9.84 Å². The van der Waals surface area contributed by atoms with Crippen molar-refractivity contribution < 1.29 is 9.84 Å². The highest BCUT2D eigenvalue weighted by atomic mass is 16.5. The molecule has 1 N–H and O–H groups in total. The van der Waals surface area contributed by atoms with Crippen LogP contribution in [0, 0.1) is 5.92 Å². The molecule has 2 heteroatoms. The smallest absolute Gasteiger partial charge is 0.0644 e. The summed E-state index contributed by atoms with van der Waals surface area (Å²) in [5, 5.41) is 8.61. The molecule has 0 radical (unpaired) electrons. The number of aliphatic hydroxyl groups is 1. The van der Waals surface area contributed by atoms with Gasteiger partial charge in [0.2, 0.25) is 0 Å². The number of ether oxygens (including phenoxy) is 1. The number of aliphatic hydroxyl groups excluding tert-OH is 1. The summed E-state index contributed by atoms with van der Waals surface area (Å²) < 4.78 is 5.12. The molecule has 8 heavy (non-hydrogen) atoms. The van der Waals surface area contributed by atoms with E-state index in [1.807, 2.05) is 0 Å². The molecule has 0 aromatic rings. The van der Waals surface area contributed by atoms with E-state index in [-0.39, 0.29) is 0 Å². The third kappa shape index (κ3) is 0.858. The fourth-order valence-corrected chi connectivity index (χ4v) is 0.990. The van der Waals surface area contributed by atoms with E-state index in [4.69, 9.17) is 9.84 Å². The fourth-order valence-electron chi connectivity index (χ4n) is 0.990. The van der Waals surface area contributed by atoms with Crippen LogP contribution < -0.4 is 0 Å². The molecule has 0 aromatic carbocycles. The molecular formula is C6H12O2. The molecule has 1 heterocycles. The zero-order chi connectivity index (χ0) is 5.98. The van der Waals surface area contributed by atoms with E-state index >= 15 is 0 Å². The molecule has 1 rings (SSSR count). The molecule has 2 unspecified atom stereocenters. The van der Waals surface area contributed by atoms with Gasteiger partial charge in [0.1, 0.15) is 0 Å². The predicted octanol–water partition coefficient (Wildman–Crippen LogP) is 0.404. The van der Waals surface area contributed by atoms with Gasteiger partial charge in [0.25, 0.3) is 0 Å². The number of hydrogen-bond donors (Lipinski definition) is 1. The van der Waals surface area contributed by atoms with Gasteiger partial charge in [-0.15, -0.1) is 0 Å². The lowest BCUT2D eigenvalue weighted by Crippen LogP contribution is -2.41. The van der Waals surface area contributed by atoms with Crippen LogP contribution in [0.25, 0.3) is 0 Å². The quantitative estimate of drug-likeness (QED) is 0.566. The summed E-state index contributed by atoms with van der Waals surface area (Å²) in [5.74, 6) is 0.431. The third-order valence-electron chi connectivity index (χ3n) is 1.69. The maximum atomic E-state index is 8.61. The number of rotatable bonds is 2. The zero-order valence-electron chi connectivity index (χ0n) is 5.13. The summed E-state index contributed by atoms with van der Waals surface area (Å²) >= 11 is 0. The van der Waals surface area contributed by atoms with Crippen molar-refractivity contribution in [3.8, 4) is 0 Å². The van der Waals surface area contributed by atoms with Crippen molar-refractivity contribution in [2.75, 3.05) is 13.2 Å². The Morgan fingerprint density at radius 2 is 2.50 bits per heavy atom. The van der Waals surface area contributed by atoms with E-state index in [1.165, 1.54) is 0 Å². The van der Waals surface area contributed by atoms with Crippen molar-refractivity contribution in [3.05, 3.63) is 0 Å². The summed E-state index contributed by atoms with van der Waals surface area (Å²) in [4.78, 5) is 0. The molecule has 1 aliphatic rings. The molecule has 0 spiro atoms. The van der Waals surface area contributed by atoms with Crippen LogP contribution in [-0.4, -0.2) is 24.4 Å². The van der Waals surface area contributed by atoms with E-state index in [0.717, 1.165) is 13.0 Å². The molecule has 0 aromatic heterocycles. The molecule has 0 saturated carbocycles. The first-order valence-electron chi connectivity index (χ1n) is 3.11. The molecule has 0 amide bonds. The highest BCUT2D eigenvalue weighted by Crippen LogP contribution is 2.21. The van der Waals surface area contributed by atoms with Gasteiger partial charge >= 0.3 is 0 Å². The van der Waals surface area contributed by atoms with Gasteiger partial charge in [0, 0.05) is 5.92 Å². The highest BCUT2D eigenvalue weighted by Gasteiger charge is 2.29. The first-order valence-corrected chi connectivity index (χ1v) is 3.11. The van der Waals surface area contributed by atoms with Gasteiger partial charge in [0.15, 0.2) is 0 Å². The van der Waals surface area contributed by atoms with E-state index in [2.05, 4.69) is 6.92 Å². The van der Waals surface area contributed by atoms with Gasteiger partial charge in [-0.3, -0.25) is 0 Å². The summed E-state index contributed by atoms with van der Waals surface area (Å²) in [6.45, 7) is 3.13. The van der Waals surface area contributed by atoms with Crippen LogP contribution in [-0.2, 0) is 4.74 Å². The summed E-state index contributed by atoms with van der Waals surface area (Å²) in [6, 6.07) is 0. The second-order valence-electron chi connectivity index (χ2n) is 2.22. The Morgan fingerprint density at radius 3 is 2.62 bits per heavy atom. The van der Waals surface area contributed by atoms with Gasteiger partial charge in [-0.1, -0.05) is 6.92 Å². The van der Waals surface area contributed by atoms with E-state index in [1.54, 1.807) is 0 Å². The summed E-state index contributed by atoms with van der Waals surface area (Å²) in [7, 11) is 0. The first-order chi connectivity index (χ1) is 3.88. The zero-order valence-corrected chi connectivity index (χ0v) is 5.13. The minimum Gasteiger partial charge on any atom is -0.396 e. The average Bonchev–Trinajstić information content (AvgIpc) is 1.66. The standard InChI is InChI=1S/C6H12O2/c1-2-6-5(3-7)4-8-6/h5-7H,2-4H2,1H3. The van der Waals surface area contributed by atoms with Crippen molar-refractivity contribution in [1.82, 2.24) is 0 Å². The third-order valence-corrected chi connectivity index (χ3v) is 1.69. The molecule has 2 nitrogen and oxygen atoms in total. The van der Waals surface area contributed by atoms with Crippen LogP contribution in [0.15, 0.2) is 0 Å². The Bertz CT molecular complexity index is 58.9. The van der Waals surface area contributed by atoms with Crippen LogP contribution in [0.2, 0.25) is 0 Å². The average molecular weight is 116 g/mol. The van der Waals surface area contributed by atoms with Crippen molar-refractivity contribution in [2.45, 2.75) is 19.4 Å². The summed E-state index contributed by atoms with van der Waals surface area (Å²) in [6.07, 6.45) is 1.38. The maximum Gasteiger partial charge on any atom is 0.0644 e. The lowest BCUT2D eigenvalue weighted by molar-refractivity contribution is -0.131. The SMILES string of the molecule is CCC1OCC1CO. The lowest BCUT2D eigenvalue weighted by Gasteiger charge is -2.34. The molecule has 1 saturated heterocycles. The molecule has 0 bridgehead atoms. The Balaban J connectivity index is 2.16. The number of hydrogen-bond acceptors (Lipinski definition) is 2. The van der Waals surface area contributed by atoms with Crippen molar-refractivity contribution in [1.29, 1.82) is 0 Å². The van der Waals surface area contributed by atoms with Crippen molar-refractivity contribution >= 4 is 0 Å². The van der Waals surface area contributed by atoms with E-state index in [9.17, 15) is 0 Å². The van der Waals surface area contributed by atoms with Crippen molar-refractivity contribution in [3.63, 3.8) is 0 Å². The molecule has 0 aliphatic carbocycles. The minimum atomic E-state index is 0.290. The van der Waals surface area contributed by atoms with Gasteiger partial charge in [-0.2, -0.15) is 0 Å². The normalized spacial score (nSPS) is 36.8. The van der Waals surface area contributed by atoms with Gasteiger partial charge in [-0.05, 0) is 6.42 Å². The topological polar surface area (TPSA) is 29.5 Å². The largest absolute Gasteiger partial charge is 0.396 e. The lowest BCUT2D eigenvalue weighted by atomic mass is 9.97.